The molecule has 188 valence electrons. The van der Waals surface area contributed by atoms with Gasteiger partial charge in [-0.25, -0.2) is 13.6 Å². The van der Waals surface area contributed by atoms with Crippen LogP contribution in [-0.2, 0) is 14.3 Å². The van der Waals surface area contributed by atoms with E-state index < -0.39 is 36.2 Å². The van der Waals surface area contributed by atoms with Gasteiger partial charge in [-0.2, -0.15) is 0 Å². The highest BCUT2D eigenvalue weighted by Crippen LogP contribution is 2.28. The van der Waals surface area contributed by atoms with Crippen molar-refractivity contribution in [1.82, 2.24) is 5.32 Å². The molecule has 10 heteroatoms. The Labute approximate surface area is 206 Å². The van der Waals surface area contributed by atoms with Crippen LogP contribution in [0, 0.1) is 11.6 Å². The summed E-state index contributed by atoms with van der Waals surface area (Å²) in [5, 5.41) is 5.22. The molecule has 0 fully saturated rings. The summed E-state index contributed by atoms with van der Waals surface area (Å²) in [4.78, 5) is 36.6. The molecule has 3 aromatic carbocycles. The molecule has 0 aliphatic heterocycles. The van der Waals surface area contributed by atoms with Crippen molar-refractivity contribution in [2.45, 2.75) is 13.0 Å². The normalized spacial score (nSPS) is 11.2. The van der Waals surface area contributed by atoms with Gasteiger partial charge in [-0.1, -0.05) is 12.1 Å². The number of anilines is 1. The first kappa shape index (κ1) is 26.1. The monoisotopic (exact) mass is 498 g/mol. The molecule has 0 aliphatic carbocycles. The van der Waals surface area contributed by atoms with E-state index in [0.717, 1.165) is 0 Å². The third-order valence-electron chi connectivity index (χ3n) is 4.97. The standard InChI is InChI=1S/C26H24F2N2O6/c1-16(17-3-6-19(27)7-4-17)29-24(31)15-36-26(33)18-5-12-22(23(13-18)34-2)35-14-25(32)30-21-10-8-20(28)9-11-21/h3-13,16H,14-15H2,1-2H3,(H,29,31)(H,30,32)/t16-/m0/s1. The molecular weight excluding hydrogens is 474 g/mol. The number of halogens is 2. The summed E-state index contributed by atoms with van der Waals surface area (Å²) < 4.78 is 41.8. The molecule has 0 bridgehead atoms. The predicted octanol–water partition coefficient (Wildman–Crippen LogP) is 4.03. The number of amides is 2. The lowest BCUT2D eigenvalue weighted by Crippen LogP contribution is -2.31. The van der Waals surface area contributed by atoms with Crippen LogP contribution in [0.15, 0.2) is 66.7 Å². The second-order valence-corrected chi connectivity index (χ2v) is 7.63. The summed E-state index contributed by atoms with van der Waals surface area (Å²) in [6.07, 6.45) is 0. The maximum atomic E-state index is 13.0. The first-order chi connectivity index (χ1) is 17.2. The molecule has 2 amide bonds. The van der Waals surface area contributed by atoms with E-state index >= 15 is 0 Å². The maximum absolute atomic E-state index is 13.0. The smallest absolute Gasteiger partial charge is 0.338 e. The molecule has 3 aromatic rings. The van der Waals surface area contributed by atoms with E-state index in [-0.39, 0.29) is 29.5 Å². The lowest BCUT2D eigenvalue weighted by Gasteiger charge is -2.15. The molecule has 1 atom stereocenters. The number of rotatable bonds is 10. The highest BCUT2D eigenvalue weighted by Gasteiger charge is 2.16. The van der Waals surface area contributed by atoms with Gasteiger partial charge in [0.15, 0.2) is 24.7 Å². The molecule has 0 radical (unpaired) electrons. The van der Waals surface area contributed by atoms with Crippen molar-refractivity contribution in [1.29, 1.82) is 0 Å². The minimum Gasteiger partial charge on any atom is -0.493 e. The van der Waals surface area contributed by atoms with Gasteiger partial charge in [0.2, 0.25) is 0 Å². The summed E-state index contributed by atoms with van der Waals surface area (Å²) >= 11 is 0. The molecule has 0 heterocycles. The average Bonchev–Trinajstić information content (AvgIpc) is 2.87. The Bertz CT molecular complexity index is 1220. The third kappa shape index (κ3) is 7.52. The quantitative estimate of drug-likeness (QED) is 0.410. The fourth-order valence-corrected chi connectivity index (χ4v) is 3.12. The van der Waals surface area contributed by atoms with Gasteiger partial charge in [-0.15, -0.1) is 0 Å². The molecule has 0 aliphatic rings. The molecule has 0 aromatic heterocycles. The minimum atomic E-state index is -0.765. The molecule has 2 N–H and O–H groups in total. The van der Waals surface area contributed by atoms with E-state index in [9.17, 15) is 23.2 Å². The minimum absolute atomic E-state index is 0.106. The Kier molecular flexibility index (Phi) is 8.93. The lowest BCUT2D eigenvalue weighted by atomic mass is 10.1. The van der Waals surface area contributed by atoms with Crippen LogP contribution < -0.4 is 20.1 Å². The summed E-state index contributed by atoms with van der Waals surface area (Å²) in [5.41, 5.74) is 1.21. The maximum Gasteiger partial charge on any atom is 0.338 e. The zero-order valence-corrected chi connectivity index (χ0v) is 19.5. The largest absolute Gasteiger partial charge is 0.493 e. The number of ether oxygens (including phenoxy) is 3. The molecular formula is C26H24F2N2O6. The average molecular weight is 498 g/mol. The van der Waals surface area contributed by atoms with Crippen LogP contribution in [0.5, 0.6) is 11.5 Å². The van der Waals surface area contributed by atoms with Crippen LogP contribution in [0.1, 0.15) is 28.9 Å². The molecule has 0 unspecified atom stereocenters. The van der Waals surface area contributed by atoms with E-state index in [1.165, 1.54) is 61.7 Å². The number of carbonyl (C=O) groups is 3. The van der Waals surface area contributed by atoms with Crippen molar-refractivity contribution in [3.05, 3.63) is 89.5 Å². The number of carbonyl (C=O) groups excluding carboxylic acids is 3. The highest BCUT2D eigenvalue weighted by molar-refractivity contribution is 5.93. The second-order valence-electron chi connectivity index (χ2n) is 7.63. The molecule has 0 saturated carbocycles. The highest BCUT2D eigenvalue weighted by atomic mass is 19.1. The summed E-state index contributed by atoms with van der Waals surface area (Å²) in [6, 6.07) is 14.7. The van der Waals surface area contributed by atoms with Crippen LogP contribution in [0.4, 0.5) is 14.5 Å². The molecule has 8 nitrogen and oxygen atoms in total. The van der Waals surface area contributed by atoms with Crippen LogP contribution in [0.25, 0.3) is 0 Å². The number of nitrogens with one attached hydrogen (secondary N) is 2. The van der Waals surface area contributed by atoms with E-state index in [2.05, 4.69) is 10.6 Å². The number of esters is 1. The Hall–Kier alpha value is -4.47. The Morgan fingerprint density at radius 1 is 0.833 bits per heavy atom. The molecule has 36 heavy (non-hydrogen) atoms. The van der Waals surface area contributed by atoms with Crippen molar-refractivity contribution in [2.24, 2.45) is 0 Å². The lowest BCUT2D eigenvalue weighted by molar-refractivity contribution is -0.124. The number of hydrogen-bond donors (Lipinski definition) is 2. The Morgan fingerprint density at radius 2 is 1.47 bits per heavy atom. The van der Waals surface area contributed by atoms with Crippen molar-refractivity contribution < 1.29 is 37.4 Å². The molecule has 0 saturated heterocycles. The molecule has 3 rings (SSSR count). The predicted molar refractivity (Wildman–Crippen MR) is 127 cm³/mol. The third-order valence-corrected chi connectivity index (χ3v) is 4.97. The van der Waals surface area contributed by atoms with E-state index in [1.54, 1.807) is 19.1 Å². The van der Waals surface area contributed by atoms with Gasteiger partial charge in [0.25, 0.3) is 11.8 Å². The SMILES string of the molecule is COc1cc(C(=O)OCC(=O)N[C@@H](C)c2ccc(F)cc2)ccc1OCC(=O)Nc1ccc(F)cc1. The van der Waals surface area contributed by atoms with Gasteiger partial charge in [-0.05, 0) is 67.1 Å². The van der Waals surface area contributed by atoms with Crippen LogP contribution in [0.2, 0.25) is 0 Å². The van der Waals surface area contributed by atoms with E-state index in [0.29, 0.717) is 11.3 Å². The van der Waals surface area contributed by atoms with E-state index in [4.69, 9.17) is 14.2 Å². The van der Waals surface area contributed by atoms with Gasteiger partial charge in [0.1, 0.15) is 11.6 Å². The fourth-order valence-electron chi connectivity index (χ4n) is 3.12. The van der Waals surface area contributed by atoms with E-state index in [1.807, 2.05) is 0 Å². The van der Waals surface area contributed by atoms with Crippen LogP contribution >= 0.6 is 0 Å². The van der Waals surface area contributed by atoms with Crippen LogP contribution in [0.3, 0.4) is 0 Å². The van der Waals surface area contributed by atoms with Crippen molar-refractivity contribution in [2.75, 3.05) is 25.6 Å². The fraction of sp³-hybridized carbons (Fsp3) is 0.192. The summed E-state index contributed by atoms with van der Waals surface area (Å²) in [6.45, 7) is 0.842. The number of benzene rings is 3. The summed E-state index contributed by atoms with van der Waals surface area (Å²) in [7, 11) is 1.36. The molecule has 0 spiro atoms. The topological polar surface area (TPSA) is 103 Å². The van der Waals surface area contributed by atoms with Crippen molar-refractivity contribution in [3.63, 3.8) is 0 Å². The van der Waals surface area contributed by atoms with Gasteiger partial charge in [0.05, 0.1) is 18.7 Å². The van der Waals surface area contributed by atoms with Gasteiger partial charge in [-0.3, -0.25) is 9.59 Å². The first-order valence-electron chi connectivity index (χ1n) is 10.8. The first-order valence-corrected chi connectivity index (χ1v) is 10.8. The van der Waals surface area contributed by atoms with Crippen molar-refractivity contribution in [3.8, 4) is 11.5 Å². The Balaban J connectivity index is 1.50. The van der Waals surface area contributed by atoms with Crippen LogP contribution in [-0.4, -0.2) is 38.1 Å². The zero-order valence-electron chi connectivity index (χ0n) is 19.5. The van der Waals surface area contributed by atoms with Gasteiger partial charge in [0, 0.05) is 5.69 Å². The zero-order chi connectivity index (χ0) is 26.1. The second kappa shape index (κ2) is 12.3. The van der Waals surface area contributed by atoms with Gasteiger partial charge < -0.3 is 24.8 Å². The summed E-state index contributed by atoms with van der Waals surface area (Å²) in [5.74, 6) is -2.20. The van der Waals surface area contributed by atoms with Crippen molar-refractivity contribution >= 4 is 23.5 Å². The Morgan fingerprint density at radius 3 is 2.11 bits per heavy atom. The number of hydrogen-bond acceptors (Lipinski definition) is 6. The number of methoxy groups -OCH3 is 1. The van der Waals surface area contributed by atoms with Gasteiger partial charge >= 0.3 is 5.97 Å².